The fraction of sp³-hybridized carbons (Fsp3) is 0.357. The fourth-order valence-electron chi connectivity index (χ4n) is 1.84. The van der Waals surface area contributed by atoms with E-state index in [2.05, 4.69) is 20.7 Å². The number of hydrogen-bond donors (Lipinski definition) is 3. The predicted molar refractivity (Wildman–Crippen MR) is 77.3 cm³/mol. The fourth-order valence-corrected chi connectivity index (χ4v) is 1.84. The molecule has 3 N–H and O–H groups in total. The zero-order chi connectivity index (χ0) is 15.3. The highest BCUT2D eigenvalue weighted by Gasteiger charge is 2.23. The first-order valence-corrected chi connectivity index (χ1v) is 6.61. The molecule has 2 amide bonds. The normalized spacial score (nSPS) is 13.5. The summed E-state index contributed by atoms with van der Waals surface area (Å²) in [5, 5.41) is 19.7. The van der Waals surface area contributed by atoms with Gasteiger partial charge in [0.1, 0.15) is 11.9 Å². The number of aromatic nitrogens is 3. The summed E-state index contributed by atoms with van der Waals surface area (Å²) in [5.41, 5.74) is -0.376. The lowest BCUT2D eigenvalue weighted by atomic mass is 9.96. The highest BCUT2D eigenvalue weighted by molar-refractivity contribution is 5.73. The third-order valence-electron chi connectivity index (χ3n) is 3.04. The first kappa shape index (κ1) is 15.0. The van der Waals surface area contributed by atoms with Crippen molar-refractivity contribution >= 4 is 6.03 Å². The molecule has 7 nitrogen and oxygen atoms in total. The molecule has 1 heterocycles. The summed E-state index contributed by atoms with van der Waals surface area (Å²) in [6.07, 6.45) is 1.56. The summed E-state index contributed by atoms with van der Waals surface area (Å²) < 4.78 is 1.56. The number of benzene rings is 1. The lowest BCUT2D eigenvalue weighted by Gasteiger charge is -2.24. The molecule has 0 spiro atoms. The minimum atomic E-state index is -1.12. The Labute approximate surface area is 123 Å². The van der Waals surface area contributed by atoms with Crippen molar-refractivity contribution in [1.29, 1.82) is 0 Å². The van der Waals surface area contributed by atoms with Gasteiger partial charge in [0.05, 0.1) is 13.1 Å². The zero-order valence-corrected chi connectivity index (χ0v) is 12.1. The van der Waals surface area contributed by atoms with Crippen molar-refractivity contribution in [3.05, 3.63) is 48.0 Å². The first-order chi connectivity index (χ1) is 9.97. The number of aliphatic hydroxyl groups is 1. The Bertz CT molecular complexity index is 594. The molecule has 21 heavy (non-hydrogen) atoms. The van der Waals surface area contributed by atoms with Crippen LogP contribution in [-0.4, -0.2) is 32.4 Å². The molecule has 2 aromatic rings. The van der Waals surface area contributed by atoms with Crippen LogP contribution in [0.1, 0.15) is 18.3 Å². The van der Waals surface area contributed by atoms with Crippen molar-refractivity contribution in [2.24, 2.45) is 7.05 Å². The summed E-state index contributed by atoms with van der Waals surface area (Å²) in [5.74, 6) is 0.530. The SMILES string of the molecule is Cn1cnc(CNC(=O)NCC(C)(O)c2ccccc2)n1. The van der Waals surface area contributed by atoms with Gasteiger partial charge in [-0.25, -0.2) is 9.78 Å². The van der Waals surface area contributed by atoms with Crippen LogP contribution in [0, 0.1) is 0 Å². The second kappa shape index (κ2) is 6.36. The molecule has 1 aromatic heterocycles. The van der Waals surface area contributed by atoms with Crippen LogP contribution in [0.15, 0.2) is 36.7 Å². The maximum absolute atomic E-state index is 11.7. The van der Waals surface area contributed by atoms with E-state index in [0.29, 0.717) is 5.82 Å². The Balaban J connectivity index is 1.80. The van der Waals surface area contributed by atoms with Gasteiger partial charge in [-0.3, -0.25) is 4.68 Å². The van der Waals surface area contributed by atoms with Crippen LogP contribution in [0.4, 0.5) is 4.79 Å². The molecule has 0 saturated carbocycles. The van der Waals surface area contributed by atoms with Gasteiger partial charge in [-0.2, -0.15) is 5.10 Å². The van der Waals surface area contributed by atoms with Gasteiger partial charge in [-0.15, -0.1) is 0 Å². The maximum Gasteiger partial charge on any atom is 0.315 e. The minimum Gasteiger partial charge on any atom is -0.384 e. The highest BCUT2D eigenvalue weighted by Crippen LogP contribution is 2.18. The molecule has 7 heteroatoms. The largest absolute Gasteiger partial charge is 0.384 e. The van der Waals surface area contributed by atoms with Crippen LogP contribution in [-0.2, 0) is 19.2 Å². The van der Waals surface area contributed by atoms with Gasteiger partial charge in [0, 0.05) is 7.05 Å². The number of carbonyl (C=O) groups excluding carboxylic acids is 1. The minimum absolute atomic E-state index is 0.110. The number of rotatable bonds is 5. The molecule has 0 radical (unpaired) electrons. The quantitative estimate of drug-likeness (QED) is 0.748. The number of amides is 2. The molecule has 0 bridgehead atoms. The molecule has 1 unspecified atom stereocenters. The summed E-state index contributed by atoms with van der Waals surface area (Å²) in [6.45, 7) is 2.00. The molecule has 0 fully saturated rings. The first-order valence-electron chi connectivity index (χ1n) is 6.61. The smallest absolute Gasteiger partial charge is 0.315 e. The summed E-state index contributed by atoms with van der Waals surface area (Å²) >= 11 is 0. The van der Waals surface area contributed by atoms with Crippen molar-refractivity contribution in [2.75, 3.05) is 6.54 Å². The van der Waals surface area contributed by atoms with E-state index in [0.717, 1.165) is 5.56 Å². The van der Waals surface area contributed by atoms with E-state index >= 15 is 0 Å². The molecule has 0 saturated heterocycles. The molecular weight excluding hydrogens is 270 g/mol. The summed E-state index contributed by atoms with van der Waals surface area (Å²) in [7, 11) is 1.76. The third-order valence-corrected chi connectivity index (χ3v) is 3.04. The van der Waals surface area contributed by atoms with Crippen LogP contribution in [0.25, 0.3) is 0 Å². The molecular formula is C14H19N5O2. The highest BCUT2D eigenvalue weighted by atomic mass is 16.3. The monoisotopic (exact) mass is 289 g/mol. The number of carbonyl (C=O) groups is 1. The van der Waals surface area contributed by atoms with E-state index in [1.165, 1.54) is 0 Å². The van der Waals surface area contributed by atoms with E-state index in [1.54, 1.807) is 25.0 Å². The van der Waals surface area contributed by atoms with Crippen molar-refractivity contribution in [2.45, 2.75) is 19.1 Å². The van der Waals surface area contributed by atoms with Gasteiger partial charge in [0.15, 0.2) is 5.82 Å². The van der Waals surface area contributed by atoms with E-state index in [-0.39, 0.29) is 19.1 Å². The molecule has 0 aliphatic heterocycles. The molecule has 1 aromatic carbocycles. The topological polar surface area (TPSA) is 92.1 Å². The van der Waals surface area contributed by atoms with Gasteiger partial charge in [-0.1, -0.05) is 30.3 Å². The van der Waals surface area contributed by atoms with Crippen LogP contribution in [0.5, 0.6) is 0 Å². The van der Waals surface area contributed by atoms with Crippen LogP contribution < -0.4 is 10.6 Å². The molecule has 1 atom stereocenters. The molecule has 0 aliphatic carbocycles. The predicted octanol–water partition coefficient (Wildman–Crippen LogP) is 0.522. The summed E-state index contributed by atoms with van der Waals surface area (Å²) in [6, 6.07) is 8.82. The van der Waals surface area contributed by atoms with Gasteiger partial charge in [-0.05, 0) is 12.5 Å². The van der Waals surface area contributed by atoms with Crippen LogP contribution >= 0.6 is 0 Å². The number of nitrogens with one attached hydrogen (secondary N) is 2. The number of urea groups is 1. The van der Waals surface area contributed by atoms with E-state index in [9.17, 15) is 9.90 Å². The summed E-state index contributed by atoms with van der Waals surface area (Å²) in [4.78, 5) is 15.7. The Hall–Kier alpha value is -2.41. The number of aryl methyl sites for hydroxylation is 1. The van der Waals surface area contributed by atoms with E-state index < -0.39 is 5.60 Å². The average Bonchev–Trinajstić information content (AvgIpc) is 2.90. The van der Waals surface area contributed by atoms with Crippen LogP contribution in [0.2, 0.25) is 0 Å². The van der Waals surface area contributed by atoms with Gasteiger partial charge < -0.3 is 15.7 Å². The van der Waals surface area contributed by atoms with E-state index in [4.69, 9.17) is 0 Å². The Morgan fingerprint density at radius 3 is 2.67 bits per heavy atom. The van der Waals surface area contributed by atoms with Crippen molar-refractivity contribution in [1.82, 2.24) is 25.4 Å². The lowest BCUT2D eigenvalue weighted by molar-refractivity contribution is 0.0594. The van der Waals surface area contributed by atoms with Gasteiger partial charge in [0.25, 0.3) is 0 Å². The number of nitrogens with zero attached hydrogens (tertiary/aromatic N) is 3. The standard InChI is InChI=1S/C14H19N5O2/c1-14(21,11-6-4-3-5-7-11)9-16-13(20)15-8-12-17-10-19(2)18-12/h3-7,10,21H,8-9H2,1-2H3,(H2,15,16,20). The Morgan fingerprint density at radius 1 is 1.33 bits per heavy atom. The van der Waals surface area contributed by atoms with Crippen molar-refractivity contribution in [3.8, 4) is 0 Å². The van der Waals surface area contributed by atoms with Gasteiger partial charge in [0.2, 0.25) is 0 Å². The number of hydrogen-bond acceptors (Lipinski definition) is 4. The zero-order valence-electron chi connectivity index (χ0n) is 12.1. The van der Waals surface area contributed by atoms with E-state index in [1.807, 2.05) is 30.3 Å². The van der Waals surface area contributed by atoms with Crippen molar-refractivity contribution < 1.29 is 9.90 Å². The van der Waals surface area contributed by atoms with Crippen molar-refractivity contribution in [3.63, 3.8) is 0 Å². The maximum atomic E-state index is 11.7. The Kier molecular flexibility index (Phi) is 4.54. The molecule has 0 aliphatic rings. The Morgan fingerprint density at radius 2 is 2.05 bits per heavy atom. The third kappa shape index (κ3) is 4.28. The molecule has 2 rings (SSSR count). The molecule has 112 valence electrons. The van der Waals surface area contributed by atoms with Crippen LogP contribution in [0.3, 0.4) is 0 Å². The second-order valence-electron chi connectivity index (χ2n) is 5.01. The average molecular weight is 289 g/mol. The lowest BCUT2D eigenvalue weighted by Crippen LogP contribution is -2.43. The second-order valence-corrected chi connectivity index (χ2v) is 5.01. The van der Waals surface area contributed by atoms with Gasteiger partial charge >= 0.3 is 6.03 Å².